The number of amides is 2. The van der Waals surface area contributed by atoms with Gasteiger partial charge < -0.3 is 5.73 Å². The Hall–Kier alpha value is -2.15. The standard InChI is InChI=1S/C10H11N5OS/c1-14(10(11)16)7-3-2-4-8(5-7)15-9(17)6-12-13-15/h2-6,13H,1H3,(H2,11,16). The number of benzene rings is 1. The molecular formula is C10H11N5OS. The summed E-state index contributed by atoms with van der Waals surface area (Å²) in [5, 5.41) is 6.58. The Bertz CT molecular complexity index is 602. The highest BCUT2D eigenvalue weighted by molar-refractivity contribution is 7.71. The highest BCUT2D eigenvalue weighted by atomic mass is 32.1. The summed E-state index contributed by atoms with van der Waals surface area (Å²) in [6.45, 7) is 0. The van der Waals surface area contributed by atoms with E-state index in [4.69, 9.17) is 18.0 Å². The number of nitrogens with zero attached hydrogens (tertiary/aromatic N) is 3. The summed E-state index contributed by atoms with van der Waals surface area (Å²) < 4.78 is 2.19. The molecule has 2 rings (SSSR count). The molecule has 0 aliphatic heterocycles. The topological polar surface area (TPSA) is 79.9 Å². The summed E-state index contributed by atoms with van der Waals surface area (Å²) in [7, 11) is 1.60. The third-order valence-corrected chi connectivity index (χ3v) is 2.65. The molecule has 0 radical (unpaired) electrons. The lowest BCUT2D eigenvalue weighted by Gasteiger charge is -2.15. The number of primary amides is 1. The molecule has 2 amide bonds. The second-order valence-corrected chi connectivity index (χ2v) is 3.87. The Balaban J connectivity index is 2.46. The van der Waals surface area contributed by atoms with E-state index in [1.165, 1.54) is 4.90 Å². The lowest BCUT2D eigenvalue weighted by atomic mass is 10.2. The number of carbonyl (C=O) groups is 1. The molecule has 17 heavy (non-hydrogen) atoms. The van der Waals surface area contributed by atoms with Crippen LogP contribution in [0, 0.1) is 4.64 Å². The second kappa shape index (κ2) is 4.38. The van der Waals surface area contributed by atoms with Gasteiger partial charge in [0.2, 0.25) is 0 Å². The molecule has 3 N–H and O–H groups in total. The quantitative estimate of drug-likeness (QED) is 0.790. The first kappa shape index (κ1) is 11.3. The molecule has 1 aromatic carbocycles. The van der Waals surface area contributed by atoms with E-state index in [9.17, 15) is 4.79 Å². The average molecular weight is 249 g/mol. The molecule has 0 unspecified atom stereocenters. The minimum absolute atomic E-state index is 0.518. The fourth-order valence-corrected chi connectivity index (χ4v) is 1.60. The van der Waals surface area contributed by atoms with Gasteiger partial charge in [-0.3, -0.25) is 4.90 Å². The smallest absolute Gasteiger partial charge is 0.318 e. The molecule has 0 bridgehead atoms. The first-order chi connectivity index (χ1) is 8.09. The van der Waals surface area contributed by atoms with Crippen LogP contribution in [0.5, 0.6) is 0 Å². The number of carbonyl (C=O) groups excluding carboxylic acids is 1. The van der Waals surface area contributed by atoms with Crippen LogP contribution in [0.25, 0.3) is 5.69 Å². The van der Waals surface area contributed by atoms with Crippen molar-refractivity contribution in [3.8, 4) is 5.69 Å². The Morgan fingerprint density at radius 1 is 1.59 bits per heavy atom. The number of rotatable bonds is 2. The molecular weight excluding hydrogens is 238 g/mol. The van der Waals surface area contributed by atoms with Crippen LogP contribution in [0.15, 0.2) is 30.5 Å². The zero-order chi connectivity index (χ0) is 12.4. The number of H-pyrrole nitrogens is 1. The fraction of sp³-hybridized carbons (Fsp3) is 0.100. The maximum atomic E-state index is 11.1. The Labute approximate surface area is 103 Å². The van der Waals surface area contributed by atoms with Crippen LogP contribution in [0.2, 0.25) is 0 Å². The fourth-order valence-electron chi connectivity index (χ4n) is 1.40. The van der Waals surface area contributed by atoms with Gasteiger partial charge in [-0.25, -0.2) is 14.7 Å². The van der Waals surface area contributed by atoms with Crippen LogP contribution in [0.4, 0.5) is 10.5 Å². The summed E-state index contributed by atoms with van der Waals surface area (Å²) >= 11 is 5.09. The van der Waals surface area contributed by atoms with Gasteiger partial charge in [-0.1, -0.05) is 18.3 Å². The normalized spacial score (nSPS) is 10.2. The van der Waals surface area contributed by atoms with Gasteiger partial charge in [-0.15, -0.1) is 0 Å². The van der Waals surface area contributed by atoms with Gasteiger partial charge in [0, 0.05) is 12.7 Å². The van der Waals surface area contributed by atoms with Crippen LogP contribution < -0.4 is 10.6 Å². The third-order valence-electron chi connectivity index (χ3n) is 2.36. The summed E-state index contributed by atoms with van der Waals surface area (Å²) in [6.07, 6.45) is 1.54. The van der Waals surface area contributed by atoms with E-state index in [1.807, 2.05) is 12.1 Å². The lowest BCUT2D eigenvalue weighted by molar-refractivity contribution is 0.255. The number of aromatic nitrogens is 3. The second-order valence-electron chi connectivity index (χ2n) is 3.45. The molecule has 7 heteroatoms. The summed E-state index contributed by atoms with van der Waals surface area (Å²) in [5.74, 6) is 0. The number of anilines is 1. The zero-order valence-corrected chi connectivity index (χ0v) is 9.94. The minimum Gasteiger partial charge on any atom is -0.351 e. The summed E-state index contributed by atoms with van der Waals surface area (Å²) in [4.78, 5) is 12.4. The first-order valence-electron chi connectivity index (χ1n) is 4.85. The number of urea groups is 1. The molecule has 0 aliphatic carbocycles. The van der Waals surface area contributed by atoms with Gasteiger partial charge in [0.25, 0.3) is 0 Å². The molecule has 1 heterocycles. The van der Waals surface area contributed by atoms with E-state index in [-0.39, 0.29) is 0 Å². The van der Waals surface area contributed by atoms with Crippen molar-refractivity contribution < 1.29 is 4.79 Å². The van der Waals surface area contributed by atoms with Crippen LogP contribution in [-0.4, -0.2) is 28.1 Å². The van der Waals surface area contributed by atoms with Crippen LogP contribution in [-0.2, 0) is 0 Å². The van der Waals surface area contributed by atoms with Crippen molar-refractivity contribution in [2.24, 2.45) is 5.73 Å². The number of nitrogens with two attached hydrogens (primary N) is 1. The predicted molar refractivity (Wildman–Crippen MR) is 66.7 cm³/mol. The predicted octanol–water partition coefficient (Wildman–Crippen LogP) is 1.44. The van der Waals surface area contributed by atoms with Crippen molar-refractivity contribution in [3.05, 3.63) is 35.1 Å². The average Bonchev–Trinajstić information content (AvgIpc) is 2.74. The van der Waals surface area contributed by atoms with E-state index in [2.05, 4.69) is 10.3 Å². The maximum Gasteiger partial charge on any atom is 0.318 e. The van der Waals surface area contributed by atoms with Gasteiger partial charge in [-0.05, 0) is 18.2 Å². The summed E-state index contributed by atoms with van der Waals surface area (Å²) in [6, 6.07) is 6.72. The number of hydrogen-bond donors (Lipinski definition) is 2. The van der Waals surface area contributed by atoms with Crippen molar-refractivity contribution in [2.75, 3.05) is 11.9 Å². The van der Waals surface area contributed by atoms with Gasteiger partial charge >= 0.3 is 6.03 Å². The van der Waals surface area contributed by atoms with Crippen LogP contribution in [0.3, 0.4) is 0 Å². The van der Waals surface area contributed by atoms with Crippen molar-refractivity contribution in [2.45, 2.75) is 0 Å². The third kappa shape index (κ3) is 2.18. The molecule has 0 saturated carbocycles. The molecule has 2 aromatic rings. The maximum absolute atomic E-state index is 11.1. The van der Waals surface area contributed by atoms with E-state index >= 15 is 0 Å². The van der Waals surface area contributed by atoms with Crippen molar-refractivity contribution in [1.29, 1.82) is 0 Å². The minimum atomic E-state index is -0.518. The zero-order valence-electron chi connectivity index (χ0n) is 9.12. The molecule has 0 spiro atoms. The Morgan fingerprint density at radius 3 is 2.94 bits per heavy atom. The monoisotopic (exact) mass is 249 g/mol. The highest BCUT2D eigenvalue weighted by Gasteiger charge is 2.07. The largest absolute Gasteiger partial charge is 0.351 e. The van der Waals surface area contributed by atoms with Crippen LogP contribution >= 0.6 is 12.2 Å². The van der Waals surface area contributed by atoms with Gasteiger partial charge in [-0.2, -0.15) is 5.10 Å². The van der Waals surface area contributed by atoms with Crippen molar-refractivity contribution >= 4 is 23.9 Å². The Morgan fingerprint density at radius 2 is 2.35 bits per heavy atom. The van der Waals surface area contributed by atoms with E-state index < -0.39 is 6.03 Å². The van der Waals surface area contributed by atoms with Crippen molar-refractivity contribution in [1.82, 2.24) is 15.0 Å². The first-order valence-corrected chi connectivity index (χ1v) is 5.26. The number of aromatic amines is 1. The van der Waals surface area contributed by atoms with Gasteiger partial charge in [0.1, 0.15) is 4.64 Å². The van der Waals surface area contributed by atoms with Gasteiger partial charge in [0.05, 0.1) is 11.9 Å². The molecule has 0 atom stereocenters. The van der Waals surface area contributed by atoms with Crippen molar-refractivity contribution in [3.63, 3.8) is 0 Å². The number of hydrogen-bond acceptors (Lipinski definition) is 3. The van der Waals surface area contributed by atoms with Gasteiger partial charge in [0.15, 0.2) is 0 Å². The SMILES string of the molecule is CN(C(N)=O)c1cccc(-n2[nH]ncc2=S)c1. The van der Waals surface area contributed by atoms with Crippen LogP contribution in [0.1, 0.15) is 0 Å². The number of nitrogens with one attached hydrogen (secondary N) is 1. The molecule has 88 valence electrons. The molecule has 1 aromatic heterocycles. The molecule has 0 saturated heterocycles. The van der Waals surface area contributed by atoms with E-state index in [0.29, 0.717) is 10.3 Å². The lowest BCUT2D eigenvalue weighted by Crippen LogP contribution is -2.31. The highest BCUT2D eigenvalue weighted by Crippen LogP contribution is 2.17. The summed E-state index contributed by atoms with van der Waals surface area (Å²) in [5.41, 5.74) is 6.68. The molecule has 0 fully saturated rings. The molecule has 6 nitrogen and oxygen atoms in total. The molecule has 0 aliphatic rings. The van der Waals surface area contributed by atoms with E-state index in [1.54, 1.807) is 30.1 Å². The van der Waals surface area contributed by atoms with E-state index in [0.717, 1.165) is 5.69 Å². The Kier molecular flexibility index (Phi) is 2.92.